The molecule has 0 spiro atoms. The van der Waals surface area contributed by atoms with E-state index in [1.54, 1.807) is 10.9 Å². The fourth-order valence-corrected chi connectivity index (χ4v) is 4.61. The summed E-state index contributed by atoms with van der Waals surface area (Å²) in [5, 5.41) is 5.50. The molecule has 0 aliphatic carbocycles. The van der Waals surface area contributed by atoms with Crippen molar-refractivity contribution < 1.29 is 0 Å². The SMILES string of the molecule is CN1CCN(c2ccc(-c3cnc4[nH]c5c(Cl)nc(-c6ccnn6C)nc5c4c3)cc2)CC1. The third kappa shape index (κ3) is 3.51. The van der Waals surface area contributed by atoms with Gasteiger partial charge in [-0.25, -0.2) is 15.0 Å². The van der Waals surface area contributed by atoms with Gasteiger partial charge in [0.1, 0.15) is 22.4 Å². The van der Waals surface area contributed by atoms with Gasteiger partial charge in [0.05, 0.1) is 0 Å². The maximum absolute atomic E-state index is 6.51. The molecule has 1 aliphatic rings. The first kappa shape index (κ1) is 20.1. The van der Waals surface area contributed by atoms with Gasteiger partial charge in [-0.3, -0.25) is 4.68 Å². The van der Waals surface area contributed by atoms with Gasteiger partial charge in [0.15, 0.2) is 11.0 Å². The summed E-state index contributed by atoms with van der Waals surface area (Å²) in [5.74, 6) is 0.537. The van der Waals surface area contributed by atoms with Gasteiger partial charge in [-0.15, -0.1) is 0 Å². The van der Waals surface area contributed by atoms with Crippen LogP contribution in [0.15, 0.2) is 48.8 Å². The third-order valence-corrected chi connectivity index (χ3v) is 6.64. The lowest BCUT2D eigenvalue weighted by atomic mass is 10.1. The summed E-state index contributed by atoms with van der Waals surface area (Å²) in [6.07, 6.45) is 3.60. The predicted molar refractivity (Wildman–Crippen MR) is 132 cm³/mol. The van der Waals surface area contributed by atoms with E-state index in [4.69, 9.17) is 16.6 Å². The molecule has 9 heteroatoms. The molecule has 0 unspecified atom stereocenters. The van der Waals surface area contributed by atoms with Crippen molar-refractivity contribution in [3.8, 4) is 22.6 Å². The number of benzene rings is 1. The number of rotatable bonds is 3. The number of aryl methyl sites for hydroxylation is 1. The number of hydrogen-bond acceptors (Lipinski definition) is 6. The Kier molecular flexibility index (Phi) is 4.78. The van der Waals surface area contributed by atoms with Crippen molar-refractivity contribution in [3.63, 3.8) is 0 Å². The van der Waals surface area contributed by atoms with Crippen LogP contribution in [0.2, 0.25) is 5.15 Å². The molecule has 1 aliphatic heterocycles. The smallest absolute Gasteiger partial charge is 0.179 e. The number of piperazine rings is 1. The number of anilines is 1. The molecule has 0 amide bonds. The Morgan fingerprint density at radius 1 is 0.939 bits per heavy atom. The number of halogens is 1. The highest BCUT2D eigenvalue weighted by atomic mass is 35.5. The minimum atomic E-state index is 0.368. The number of fused-ring (bicyclic) bond motifs is 3. The van der Waals surface area contributed by atoms with Gasteiger partial charge < -0.3 is 14.8 Å². The lowest BCUT2D eigenvalue weighted by molar-refractivity contribution is 0.313. The van der Waals surface area contributed by atoms with Crippen molar-refractivity contribution in [3.05, 3.63) is 53.9 Å². The number of aromatic nitrogens is 6. The number of hydrogen-bond donors (Lipinski definition) is 1. The van der Waals surface area contributed by atoms with Crippen LogP contribution in [0.1, 0.15) is 0 Å². The van der Waals surface area contributed by atoms with E-state index in [-0.39, 0.29) is 0 Å². The van der Waals surface area contributed by atoms with Gasteiger partial charge in [-0.2, -0.15) is 5.10 Å². The lowest BCUT2D eigenvalue weighted by Crippen LogP contribution is -2.44. The topological polar surface area (TPSA) is 78.8 Å². The number of nitrogens with one attached hydrogen (secondary N) is 1. The minimum Gasteiger partial charge on any atom is -0.369 e. The van der Waals surface area contributed by atoms with Crippen LogP contribution in [0.5, 0.6) is 0 Å². The Balaban J connectivity index is 1.39. The van der Waals surface area contributed by atoms with Crippen molar-refractivity contribution in [1.82, 2.24) is 34.6 Å². The van der Waals surface area contributed by atoms with Crippen molar-refractivity contribution in [2.45, 2.75) is 0 Å². The molecule has 5 heterocycles. The van der Waals surface area contributed by atoms with Crippen LogP contribution in [0.25, 0.3) is 44.7 Å². The van der Waals surface area contributed by atoms with E-state index in [1.807, 2.05) is 19.3 Å². The number of likely N-dealkylation sites (N-methyl/N-ethyl adjacent to an activating group) is 1. The molecular formula is C24H23ClN8. The predicted octanol–water partition coefficient (Wildman–Crippen LogP) is 3.98. The van der Waals surface area contributed by atoms with Crippen molar-refractivity contribution >= 4 is 39.4 Å². The average Bonchev–Trinajstić information content (AvgIpc) is 3.43. The molecule has 1 saturated heterocycles. The highest BCUT2D eigenvalue weighted by Gasteiger charge is 2.17. The molecule has 5 aromatic rings. The molecule has 166 valence electrons. The van der Waals surface area contributed by atoms with E-state index >= 15 is 0 Å². The molecule has 6 rings (SSSR count). The summed E-state index contributed by atoms with van der Waals surface area (Å²) in [7, 11) is 4.03. The number of H-pyrrole nitrogens is 1. The van der Waals surface area contributed by atoms with Gasteiger partial charge in [-0.1, -0.05) is 23.7 Å². The van der Waals surface area contributed by atoms with Gasteiger partial charge in [0.2, 0.25) is 0 Å². The fraction of sp³-hybridized carbons (Fsp3) is 0.250. The molecule has 0 saturated carbocycles. The fourth-order valence-electron chi connectivity index (χ4n) is 4.40. The Morgan fingerprint density at radius 3 is 2.45 bits per heavy atom. The summed E-state index contributed by atoms with van der Waals surface area (Å²) < 4.78 is 1.73. The maximum atomic E-state index is 6.51. The molecular weight excluding hydrogens is 436 g/mol. The number of nitrogens with zero attached hydrogens (tertiary/aromatic N) is 7. The normalized spacial score (nSPS) is 15.1. The van der Waals surface area contributed by atoms with E-state index in [9.17, 15) is 0 Å². The Hall–Kier alpha value is -3.49. The first-order valence-corrected chi connectivity index (χ1v) is 11.3. The summed E-state index contributed by atoms with van der Waals surface area (Å²) >= 11 is 6.51. The minimum absolute atomic E-state index is 0.368. The number of pyridine rings is 1. The van der Waals surface area contributed by atoms with E-state index in [2.05, 4.69) is 67.2 Å². The first-order chi connectivity index (χ1) is 16.1. The molecule has 0 radical (unpaired) electrons. The van der Waals surface area contributed by atoms with Gasteiger partial charge in [0.25, 0.3) is 0 Å². The average molecular weight is 459 g/mol. The van der Waals surface area contributed by atoms with Crippen molar-refractivity contribution in [2.75, 3.05) is 38.1 Å². The van der Waals surface area contributed by atoms with Gasteiger partial charge in [-0.05, 0) is 36.9 Å². The second-order valence-corrected chi connectivity index (χ2v) is 8.84. The lowest BCUT2D eigenvalue weighted by Gasteiger charge is -2.34. The maximum Gasteiger partial charge on any atom is 0.179 e. The summed E-state index contributed by atoms with van der Waals surface area (Å²) in [6.45, 7) is 4.29. The Labute approximate surface area is 195 Å². The molecule has 4 aromatic heterocycles. The monoisotopic (exact) mass is 458 g/mol. The summed E-state index contributed by atoms with van der Waals surface area (Å²) in [5.41, 5.74) is 6.39. The van der Waals surface area contributed by atoms with Crippen LogP contribution in [-0.2, 0) is 7.05 Å². The highest BCUT2D eigenvalue weighted by Crippen LogP contribution is 2.32. The van der Waals surface area contributed by atoms with E-state index in [0.29, 0.717) is 16.5 Å². The van der Waals surface area contributed by atoms with Crippen LogP contribution in [0.3, 0.4) is 0 Å². The zero-order valence-corrected chi connectivity index (χ0v) is 19.2. The Bertz CT molecular complexity index is 1460. The van der Waals surface area contributed by atoms with Gasteiger partial charge >= 0.3 is 0 Å². The molecule has 1 fully saturated rings. The van der Waals surface area contributed by atoms with Crippen molar-refractivity contribution in [1.29, 1.82) is 0 Å². The Morgan fingerprint density at radius 2 is 1.73 bits per heavy atom. The molecule has 0 bridgehead atoms. The van der Waals surface area contributed by atoms with Crippen LogP contribution < -0.4 is 4.90 Å². The van der Waals surface area contributed by atoms with Crippen LogP contribution in [-0.4, -0.2) is 67.8 Å². The molecule has 8 nitrogen and oxygen atoms in total. The molecule has 1 aromatic carbocycles. The van der Waals surface area contributed by atoms with E-state index < -0.39 is 0 Å². The zero-order valence-electron chi connectivity index (χ0n) is 18.5. The van der Waals surface area contributed by atoms with E-state index in [1.165, 1.54) is 5.69 Å². The van der Waals surface area contributed by atoms with Crippen LogP contribution in [0.4, 0.5) is 5.69 Å². The van der Waals surface area contributed by atoms with Gasteiger partial charge in [0, 0.05) is 62.3 Å². The first-order valence-electron chi connectivity index (χ1n) is 10.9. The quantitative estimate of drug-likeness (QED) is 0.412. The van der Waals surface area contributed by atoms with Crippen molar-refractivity contribution in [2.24, 2.45) is 7.05 Å². The largest absolute Gasteiger partial charge is 0.369 e. The summed E-state index contributed by atoms with van der Waals surface area (Å²) in [4.78, 5) is 22.0. The highest BCUT2D eigenvalue weighted by molar-refractivity contribution is 6.34. The zero-order chi connectivity index (χ0) is 22.5. The standard InChI is InChI=1S/C24H23ClN8/c1-31-9-11-33(12-10-31)17-5-3-15(4-6-17)16-13-18-20-21(29-23(18)26-14-16)22(25)30-24(28-20)19-7-8-27-32(19)2/h3-8,13-14H,9-12H2,1-2H3,(H,26,29). The third-order valence-electron chi connectivity index (χ3n) is 6.37. The van der Waals surface area contributed by atoms with Crippen LogP contribution >= 0.6 is 11.6 Å². The second kappa shape index (κ2) is 7.83. The molecule has 33 heavy (non-hydrogen) atoms. The number of aromatic amines is 1. The second-order valence-electron chi connectivity index (χ2n) is 8.48. The van der Waals surface area contributed by atoms with E-state index in [0.717, 1.165) is 59.5 Å². The molecule has 0 atom stereocenters. The summed E-state index contributed by atoms with van der Waals surface area (Å²) in [6, 6.07) is 12.7. The van der Waals surface area contributed by atoms with Crippen LogP contribution in [0, 0.1) is 0 Å². The molecule has 1 N–H and O–H groups in total.